The molecular formula is C26H23ClFN3O2. The van der Waals surface area contributed by atoms with Gasteiger partial charge in [0.15, 0.2) is 5.82 Å². The van der Waals surface area contributed by atoms with Gasteiger partial charge in [-0.25, -0.2) is 4.39 Å². The predicted octanol–water partition coefficient (Wildman–Crippen LogP) is 6.17. The summed E-state index contributed by atoms with van der Waals surface area (Å²) in [5.41, 5.74) is 3.89. The second-order valence-corrected chi connectivity index (χ2v) is 8.22. The van der Waals surface area contributed by atoms with E-state index in [1.165, 1.54) is 10.7 Å². The largest absolute Gasteiger partial charge is 0.489 e. The van der Waals surface area contributed by atoms with Crippen molar-refractivity contribution in [3.63, 3.8) is 0 Å². The van der Waals surface area contributed by atoms with E-state index in [9.17, 15) is 9.18 Å². The van der Waals surface area contributed by atoms with Crippen molar-refractivity contribution < 1.29 is 13.9 Å². The highest BCUT2D eigenvalue weighted by Crippen LogP contribution is 2.22. The van der Waals surface area contributed by atoms with Crippen molar-refractivity contribution in [1.29, 1.82) is 0 Å². The number of nitrogens with one attached hydrogen (secondary N) is 1. The first-order chi connectivity index (χ1) is 15.9. The van der Waals surface area contributed by atoms with Crippen LogP contribution in [0.1, 0.15) is 32.6 Å². The van der Waals surface area contributed by atoms with Crippen LogP contribution in [0.5, 0.6) is 5.75 Å². The molecule has 0 saturated carbocycles. The van der Waals surface area contributed by atoms with Crippen molar-refractivity contribution in [1.82, 2.24) is 9.78 Å². The summed E-state index contributed by atoms with van der Waals surface area (Å²) < 4.78 is 21.5. The SMILES string of the molecule is Cc1ccc(C)c(OCc2cccc(C(=O)Nc3ccn(Cc4c(F)cccc4Cl)n3)c2)c1. The molecule has 0 fully saturated rings. The normalized spacial score (nSPS) is 10.8. The molecule has 1 heterocycles. The molecule has 168 valence electrons. The summed E-state index contributed by atoms with van der Waals surface area (Å²) in [6.07, 6.45) is 1.66. The van der Waals surface area contributed by atoms with E-state index in [-0.39, 0.29) is 12.5 Å². The molecule has 1 aromatic heterocycles. The summed E-state index contributed by atoms with van der Waals surface area (Å²) in [5.74, 6) is 0.496. The zero-order valence-corrected chi connectivity index (χ0v) is 19.1. The second-order valence-electron chi connectivity index (χ2n) is 7.81. The molecular weight excluding hydrogens is 441 g/mol. The highest BCUT2D eigenvalue weighted by atomic mass is 35.5. The standard InChI is InChI=1S/C26H23ClFN3O2/c1-17-9-10-18(2)24(13-17)33-16-19-5-3-6-20(14-19)26(32)29-25-11-12-31(30-25)15-21-22(27)7-4-8-23(21)28/h3-14H,15-16H2,1-2H3,(H,29,30,32). The van der Waals surface area contributed by atoms with Gasteiger partial charge in [0.2, 0.25) is 0 Å². The number of nitrogens with zero attached hydrogens (tertiary/aromatic N) is 2. The maximum Gasteiger partial charge on any atom is 0.256 e. The molecule has 4 rings (SSSR count). The predicted molar refractivity (Wildman–Crippen MR) is 127 cm³/mol. The minimum atomic E-state index is -0.400. The Morgan fingerprint density at radius 2 is 1.91 bits per heavy atom. The summed E-state index contributed by atoms with van der Waals surface area (Å²) in [4.78, 5) is 12.7. The van der Waals surface area contributed by atoms with Crippen LogP contribution in [0.3, 0.4) is 0 Å². The number of aryl methyl sites for hydroxylation is 2. The maximum atomic E-state index is 14.0. The lowest BCUT2D eigenvalue weighted by atomic mass is 10.1. The molecule has 0 aliphatic heterocycles. The van der Waals surface area contributed by atoms with E-state index in [1.807, 2.05) is 44.2 Å². The smallest absolute Gasteiger partial charge is 0.256 e. The van der Waals surface area contributed by atoms with Crippen LogP contribution < -0.4 is 10.1 Å². The van der Waals surface area contributed by atoms with E-state index >= 15 is 0 Å². The minimum Gasteiger partial charge on any atom is -0.489 e. The second kappa shape index (κ2) is 9.88. The van der Waals surface area contributed by atoms with E-state index < -0.39 is 5.82 Å². The number of rotatable bonds is 7. The van der Waals surface area contributed by atoms with Gasteiger partial charge >= 0.3 is 0 Å². The van der Waals surface area contributed by atoms with Crippen LogP contribution in [0, 0.1) is 19.7 Å². The van der Waals surface area contributed by atoms with Crippen LogP contribution in [-0.2, 0) is 13.2 Å². The van der Waals surface area contributed by atoms with Gasteiger partial charge in [-0.2, -0.15) is 5.10 Å². The third-order valence-electron chi connectivity index (χ3n) is 5.19. The van der Waals surface area contributed by atoms with Crippen molar-refractivity contribution in [2.75, 3.05) is 5.32 Å². The maximum absolute atomic E-state index is 14.0. The molecule has 3 aromatic carbocycles. The molecule has 7 heteroatoms. The van der Waals surface area contributed by atoms with E-state index in [0.717, 1.165) is 22.4 Å². The number of benzene rings is 3. The summed E-state index contributed by atoms with van der Waals surface area (Å²) in [7, 11) is 0. The van der Waals surface area contributed by atoms with E-state index in [2.05, 4.69) is 10.4 Å². The van der Waals surface area contributed by atoms with Crippen LogP contribution in [0.15, 0.2) is 72.9 Å². The number of hydrogen-bond donors (Lipinski definition) is 1. The molecule has 5 nitrogen and oxygen atoms in total. The van der Waals surface area contributed by atoms with E-state index in [0.29, 0.717) is 28.6 Å². The number of halogens is 2. The molecule has 0 radical (unpaired) electrons. The zero-order chi connectivity index (χ0) is 23.4. The summed E-state index contributed by atoms with van der Waals surface area (Å²) in [5, 5.41) is 7.41. The quantitative estimate of drug-likeness (QED) is 0.356. The number of aromatic nitrogens is 2. The Morgan fingerprint density at radius 3 is 2.73 bits per heavy atom. The lowest BCUT2D eigenvalue weighted by molar-refractivity contribution is 0.102. The summed E-state index contributed by atoms with van der Waals surface area (Å²) in [6, 6.07) is 19.5. The highest BCUT2D eigenvalue weighted by Gasteiger charge is 2.12. The van der Waals surface area contributed by atoms with Crippen LogP contribution in [0.25, 0.3) is 0 Å². The summed E-state index contributed by atoms with van der Waals surface area (Å²) in [6.45, 7) is 4.53. The Hall–Kier alpha value is -3.64. The fourth-order valence-electron chi connectivity index (χ4n) is 3.38. The molecule has 1 amide bonds. The lowest BCUT2D eigenvalue weighted by Gasteiger charge is -2.11. The number of anilines is 1. The Bertz CT molecular complexity index is 1280. The van der Waals surface area contributed by atoms with Gasteiger partial charge in [-0.3, -0.25) is 9.48 Å². The monoisotopic (exact) mass is 463 g/mol. The Morgan fingerprint density at radius 1 is 1.09 bits per heavy atom. The minimum absolute atomic E-state index is 0.159. The van der Waals surface area contributed by atoms with Gasteiger partial charge in [0.05, 0.1) is 6.54 Å². The van der Waals surface area contributed by atoms with Crippen LogP contribution in [-0.4, -0.2) is 15.7 Å². The Labute approximate surface area is 196 Å². The first-order valence-electron chi connectivity index (χ1n) is 10.5. The van der Waals surface area contributed by atoms with Crippen molar-refractivity contribution in [3.8, 4) is 5.75 Å². The topological polar surface area (TPSA) is 56.1 Å². The zero-order valence-electron chi connectivity index (χ0n) is 18.3. The third kappa shape index (κ3) is 5.59. The molecule has 4 aromatic rings. The molecule has 0 atom stereocenters. The van der Waals surface area contributed by atoms with Crippen molar-refractivity contribution >= 4 is 23.3 Å². The summed E-state index contributed by atoms with van der Waals surface area (Å²) >= 11 is 6.09. The fraction of sp³-hybridized carbons (Fsp3) is 0.154. The Kier molecular flexibility index (Phi) is 6.75. The number of ether oxygens (including phenoxy) is 1. The van der Waals surface area contributed by atoms with Gasteiger partial charge < -0.3 is 10.1 Å². The van der Waals surface area contributed by atoms with E-state index in [4.69, 9.17) is 16.3 Å². The molecule has 0 aliphatic carbocycles. The molecule has 0 unspecified atom stereocenters. The molecule has 1 N–H and O–H groups in total. The first kappa shape index (κ1) is 22.6. The van der Waals surface area contributed by atoms with Gasteiger partial charge in [0.1, 0.15) is 18.2 Å². The van der Waals surface area contributed by atoms with Crippen LogP contribution in [0.2, 0.25) is 5.02 Å². The molecule has 0 bridgehead atoms. The average Bonchev–Trinajstić information content (AvgIpc) is 3.24. The van der Waals surface area contributed by atoms with Crippen molar-refractivity contribution in [2.24, 2.45) is 0 Å². The molecule has 0 spiro atoms. The number of carbonyl (C=O) groups excluding carboxylic acids is 1. The highest BCUT2D eigenvalue weighted by molar-refractivity contribution is 6.31. The van der Waals surface area contributed by atoms with Gasteiger partial charge in [-0.1, -0.05) is 41.9 Å². The number of carbonyl (C=O) groups is 1. The van der Waals surface area contributed by atoms with Gasteiger partial charge in [0.25, 0.3) is 5.91 Å². The fourth-order valence-corrected chi connectivity index (χ4v) is 3.60. The molecule has 0 saturated heterocycles. The first-order valence-corrected chi connectivity index (χ1v) is 10.8. The van der Waals surface area contributed by atoms with Crippen LogP contribution >= 0.6 is 11.6 Å². The van der Waals surface area contributed by atoms with Crippen LogP contribution in [0.4, 0.5) is 10.2 Å². The van der Waals surface area contributed by atoms with Gasteiger partial charge in [0, 0.05) is 28.4 Å². The third-order valence-corrected chi connectivity index (χ3v) is 5.55. The number of hydrogen-bond acceptors (Lipinski definition) is 3. The lowest BCUT2D eigenvalue weighted by Crippen LogP contribution is -2.13. The van der Waals surface area contributed by atoms with Gasteiger partial charge in [-0.15, -0.1) is 0 Å². The van der Waals surface area contributed by atoms with Crippen molar-refractivity contribution in [2.45, 2.75) is 27.0 Å². The van der Waals surface area contributed by atoms with Gasteiger partial charge in [-0.05, 0) is 60.9 Å². The molecule has 33 heavy (non-hydrogen) atoms. The average molecular weight is 464 g/mol. The van der Waals surface area contributed by atoms with E-state index in [1.54, 1.807) is 36.5 Å². The molecule has 0 aliphatic rings. The van der Waals surface area contributed by atoms with Crippen molar-refractivity contribution in [3.05, 3.63) is 112 Å². The number of amides is 1. The Balaban J connectivity index is 1.40.